The monoisotopic (exact) mass is 389 g/mol. The fourth-order valence-electron chi connectivity index (χ4n) is 4.02. The quantitative estimate of drug-likeness (QED) is 0.497. The van der Waals surface area contributed by atoms with Gasteiger partial charge >= 0.3 is 0 Å². The second-order valence-corrected chi connectivity index (χ2v) is 8.82. The van der Waals surface area contributed by atoms with Gasteiger partial charge in [-0.3, -0.25) is 0 Å². The lowest BCUT2D eigenvalue weighted by Gasteiger charge is -2.23. The molecule has 0 radical (unpaired) electrons. The smallest absolute Gasteiger partial charge is 0.135 e. The lowest BCUT2D eigenvalue weighted by Crippen LogP contribution is -2.22. The van der Waals surface area contributed by atoms with E-state index in [1.54, 1.807) is 17.5 Å². The van der Waals surface area contributed by atoms with Crippen LogP contribution in [0.5, 0.6) is 0 Å². The molecule has 0 amide bonds. The van der Waals surface area contributed by atoms with Gasteiger partial charge in [-0.05, 0) is 42.9 Å². The summed E-state index contributed by atoms with van der Waals surface area (Å²) in [5.74, 6) is 0.933. The maximum Gasteiger partial charge on any atom is 0.135 e. The Morgan fingerprint density at radius 3 is 2.68 bits per heavy atom. The Balaban J connectivity index is 1.66. The number of nitriles is 1. The lowest BCUT2D eigenvalue weighted by atomic mass is 9.95. The molecule has 144 valence electrons. The van der Waals surface area contributed by atoms with Crippen molar-refractivity contribution in [2.75, 3.05) is 5.32 Å². The zero-order valence-corrected chi connectivity index (χ0v) is 17.3. The summed E-state index contributed by atoms with van der Waals surface area (Å²) in [6.45, 7) is 2.23. The van der Waals surface area contributed by atoms with Gasteiger partial charge in [0, 0.05) is 22.5 Å². The average Bonchev–Trinajstić information content (AvgIpc) is 3.19. The molecule has 1 saturated carbocycles. The number of pyridine rings is 1. The molecule has 2 heterocycles. The van der Waals surface area contributed by atoms with Gasteiger partial charge in [0.2, 0.25) is 0 Å². The maximum absolute atomic E-state index is 9.54. The van der Waals surface area contributed by atoms with Crippen LogP contribution in [0.1, 0.15) is 63.0 Å². The van der Waals surface area contributed by atoms with Gasteiger partial charge in [0.05, 0.1) is 10.3 Å². The fraction of sp³-hybridized carbons (Fsp3) is 0.417. The van der Waals surface area contributed by atoms with E-state index in [9.17, 15) is 5.26 Å². The third-order valence-corrected chi connectivity index (χ3v) is 6.90. The van der Waals surface area contributed by atoms with Crippen LogP contribution in [0.25, 0.3) is 20.5 Å². The van der Waals surface area contributed by atoms with E-state index in [1.807, 2.05) is 0 Å². The van der Waals surface area contributed by atoms with Gasteiger partial charge in [0.1, 0.15) is 11.9 Å². The van der Waals surface area contributed by atoms with Crippen molar-refractivity contribution in [1.82, 2.24) is 4.98 Å². The first-order valence-electron chi connectivity index (χ1n) is 10.5. The molecule has 4 rings (SSSR count). The Hall–Kier alpha value is -2.38. The Morgan fingerprint density at radius 1 is 1.18 bits per heavy atom. The van der Waals surface area contributed by atoms with E-state index in [0.29, 0.717) is 11.6 Å². The minimum Gasteiger partial charge on any atom is -0.367 e. The number of benzene rings is 1. The molecule has 28 heavy (non-hydrogen) atoms. The van der Waals surface area contributed by atoms with E-state index in [-0.39, 0.29) is 0 Å². The Bertz CT molecular complexity index is 975. The number of hydrogen-bond donors (Lipinski definition) is 1. The molecule has 1 aliphatic rings. The van der Waals surface area contributed by atoms with Crippen LogP contribution in [0.15, 0.2) is 36.5 Å². The molecule has 0 saturated heterocycles. The van der Waals surface area contributed by atoms with Crippen molar-refractivity contribution >= 4 is 27.2 Å². The highest BCUT2D eigenvalue weighted by molar-refractivity contribution is 7.22. The number of fused-ring (bicyclic) bond motifs is 1. The number of hydrogen-bond acceptors (Lipinski definition) is 4. The van der Waals surface area contributed by atoms with Gasteiger partial charge in [-0.2, -0.15) is 5.26 Å². The number of thiophene rings is 1. The molecule has 0 spiro atoms. The van der Waals surface area contributed by atoms with E-state index in [4.69, 9.17) is 0 Å². The third kappa shape index (κ3) is 4.05. The molecule has 0 aliphatic heterocycles. The van der Waals surface area contributed by atoms with Crippen molar-refractivity contribution in [1.29, 1.82) is 5.26 Å². The Morgan fingerprint density at radius 2 is 1.96 bits per heavy atom. The summed E-state index contributed by atoms with van der Waals surface area (Å²) in [5, 5.41) is 14.3. The van der Waals surface area contributed by atoms with Gasteiger partial charge in [-0.15, -0.1) is 11.3 Å². The van der Waals surface area contributed by atoms with Crippen molar-refractivity contribution < 1.29 is 0 Å². The second kappa shape index (κ2) is 8.75. The lowest BCUT2D eigenvalue weighted by molar-refractivity contribution is 0.462. The highest BCUT2D eigenvalue weighted by Gasteiger charge is 2.18. The van der Waals surface area contributed by atoms with Crippen molar-refractivity contribution in [2.45, 2.75) is 64.3 Å². The largest absolute Gasteiger partial charge is 0.367 e. The molecule has 0 bridgehead atoms. The van der Waals surface area contributed by atoms with Gasteiger partial charge < -0.3 is 5.32 Å². The van der Waals surface area contributed by atoms with Crippen LogP contribution >= 0.6 is 11.3 Å². The summed E-state index contributed by atoms with van der Waals surface area (Å²) >= 11 is 1.70. The number of unbranched alkanes of at least 4 members (excludes halogenated alkanes) is 1. The van der Waals surface area contributed by atoms with Gasteiger partial charge in [0.25, 0.3) is 0 Å². The standard InChI is InChI=1S/C24H27N3S/c1-2-3-7-17-10-12-18(13-11-17)22-14-21-23(28-22)19(15-25)16-26-24(21)27-20-8-5-4-6-9-20/h10-14,16,20H,2-9H2,1H3,(H,26,27). The van der Waals surface area contributed by atoms with E-state index in [1.165, 1.54) is 60.9 Å². The minimum absolute atomic E-state index is 0.499. The number of anilines is 1. The SMILES string of the molecule is CCCCc1ccc(-c2cc3c(NC4CCCCC4)ncc(C#N)c3s2)cc1. The number of nitrogens with one attached hydrogen (secondary N) is 1. The molecule has 4 heteroatoms. The first-order chi connectivity index (χ1) is 13.8. The highest BCUT2D eigenvalue weighted by Crippen LogP contribution is 2.38. The molecule has 0 atom stereocenters. The van der Waals surface area contributed by atoms with Crippen LogP contribution in [0.4, 0.5) is 5.82 Å². The van der Waals surface area contributed by atoms with Gasteiger partial charge in [-0.1, -0.05) is 56.9 Å². The highest BCUT2D eigenvalue weighted by atomic mass is 32.1. The van der Waals surface area contributed by atoms with Crippen molar-refractivity contribution in [3.8, 4) is 16.5 Å². The van der Waals surface area contributed by atoms with Crippen LogP contribution in [0.2, 0.25) is 0 Å². The molecule has 1 aliphatic carbocycles. The van der Waals surface area contributed by atoms with Gasteiger partial charge in [0.15, 0.2) is 0 Å². The molecule has 0 unspecified atom stereocenters. The van der Waals surface area contributed by atoms with Crippen molar-refractivity contribution in [3.05, 3.63) is 47.7 Å². The van der Waals surface area contributed by atoms with Crippen LogP contribution < -0.4 is 5.32 Å². The molecular weight excluding hydrogens is 362 g/mol. The summed E-state index contributed by atoms with van der Waals surface area (Å²) in [7, 11) is 0. The third-order valence-electron chi connectivity index (χ3n) is 5.68. The summed E-state index contributed by atoms with van der Waals surface area (Å²) in [5.41, 5.74) is 3.28. The van der Waals surface area contributed by atoms with E-state index >= 15 is 0 Å². The van der Waals surface area contributed by atoms with Gasteiger partial charge in [-0.25, -0.2) is 4.98 Å². The van der Waals surface area contributed by atoms with Crippen LogP contribution in [0, 0.1) is 11.3 Å². The predicted octanol–water partition coefficient (Wildman–Crippen LogP) is 6.92. The van der Waals surface area contributed by atoms with E-state index < -0.39 is 0 Å². The number of rotatable bonds is 6. The van der Waals surface area contributed by atoms with E-state index in [2.05, 4.69) is 53.6 Å². The minimum atomic E-state index is 0.499. The Labute approximate surface area is 171 Å². The second-order valence-electron chi connectivity index (χ2n) is 7.77. The zero-order valence-electron chi connectivity index (χ0n) is 16.5. The number of aryl methyl sites for hydroxylation is 1. The summed E-state index contributed by atoms with van der Waals surface area (Å²) in [6, 6.07) is 13.9. The summed E-state index contributed by atoms with van der Waals surface area (Å²) < 4.78 is 1.04. The molecule has 2 aromatic heterocycles. The van der Waals surface area contributed by atoms with E-state index in [0.717, 1.165) is 22.3 Å². The average molecular weight is 390 g/mol. The molecule has 1 fully saturated rings. The molecule has 3 aromatic rings. The molecule has 1 N–H and O–H groups in total. The van der Waals surface area contributed by atoms with Crippen molar-refractivity contribution in [2.24, 2.45) is 0 Å². The van der Waals surface area contributed by atoms with Crippen molar-refractivity contribution in [3.63, 3.8) is 0 Å². The van der Waals surface area contributed by atoms with Crippen LogP contribution in [0.3, 0.4) is 0 Å². The first kappa shape index (κ1) is 19.0. The Kier molecular flexibility index (Phi) is 5.92. The normalized spacial score (nSPS) is 14.9. The number of aromatic nitrogens is 1. The predicted molar refractivity (Wildman–Crippen MR) is 119 cm³/mol. The molecule has 3 nitrogen and oxygen atoms in total. The zero-order chi connectivity index (χ0) is 19.3. The first-order valence-corrected chi connectivity index (χ1v) is 11.3. The van der Waals surface area contributed by atoms with Crippen LogP contribution in [-0.2, 0) is 6.42 Å². The number of nitrogens with zero attached hydrogens (tertiary/aromatic N) is 2. The molecular formula is C24H27N3S. The fourth-order valence-corrected chi connectivity index (χ4v) is 5.14. The molecule has 1 aromatic carbocycles. The maximum atomic E-state index is 9.54. The topological polar surface area (TPSA) is 48.7 Å². The summed E-state index contributed by atoms with van der Waals surface area (Å²) in [6.07, 6.45) is 11.6. The summed E-state index contributed by atoms with van der Waals surface area (Å²) in [4.78, 5) is 5.80. The van der Waals surface area contributed by atoms with Crippen LogP contribution in [-0.4, -0.2) is 11.0 Å².